The van der Waals surface area contributed by atoms with Crippen LogP contribution < -0.4 is 5.32 Å². The number of anilines is 1. The number of hydrogen-bond acceptors (Lipinski definition) is 7. The van der Waals surface area contributed by atoms with Gasteiger partial charge in [-0.3, -0.25) is 9.89 Å². The molecule has 176 valence electrons. The molecule has 0 radical (unpaired) electrons. The number of fused-ring (bicyclic) bond motifs is 3. The summed E-state index contributed by atoms with van der Waals surface area (Å²) in [7, 11) is 0. The van der Waals surface area contributed by atoms with E-state index < -0.39 is 0 Å². The van der Waals surface area contributed by atoms with Gasteiger partial charge < -0.3 is 15.0 Å². The molecule has 1 aromatic carbocycles. The third-order valence-corrected chi connectivity index (χ3v) is 7.25. The van der Waals surface area contributed by atoms with Gasteiger partial charge in [-0.05, 0) is 49.7 Å². The highest BCUT2D eigenvalue weighted by Crippen LogP contribution is 2.31. The number of H-pyrrole nitrogens is 1. The van der Waals surface area contributed by atoms with E-state index in [1.165, 1.54) is 11.1 Å². The SMILES string of the molecule is O=C(COCCC1CCCc2[nH]nnc21)N1Cc2cnc(NC3Cc4ccccc4C3)nc2C1. The minimum absolute atomic E-state index is 0.00970. The van der Waals surface area contributed by atoms with Crippen molar-refractivity contribution in [3.8, 4) is 0 Å². The summed E-state index contributed by atoms with van der Waals surface area (Å²) in [6, 6.07) is 8.86. The minimum Gasteiger partial charge on any atom is -0.372 e. The number of aromatic nitrogens is 5. The second-order valence-electron chi connectivity index (χ2n) is 9.54. The molecule has 9 nitrogen and oxygen atoms in total. The Bertz CT molecular complexity index is 1170. The molecule has 1 aliphatic heterocycles. The lowest BCUT2D eigenvalue weighted by molar-refractivity contribution is -0.136. The molecule has 0 saturated heterocycles. The fourth-order valence-electron chi connectivity index (χ4n) is 5.43. The van der Waals surface area contributed by atoms with Crippen molar-refractivity contribution in [3.63, 3.8) is 0 Å². The topological polar surface area (TPSA) is 109 Å². The van der Waals surface area contributed by atoms with Crippen molar-refractivity contribution in [1.29, 1.82) is 0 Å². The van der Waals surface area contributed by atoms with Gasteiger partial charge in [0.1, 0.15) is 6.61 Å². The maximum atomic E-state index is 12.7. The van der Waals surface area contributed by atoms with E-state index in [0.29, 0.717) is 37.6 Å². The Hall–Kier alpha value is -3.33. The van der Waals surface area contributed by atoms with Gasteiger partial charge in [-0.15, -0.1) is 5.10 Å². The first kappa shape index (κ1) is 21.2. The van der Waals surface area contributed by atoms with Crippen LogP contribution in [-0.4, -0.2) is 55.4 Å². The first-order chi connectivity index (χ1) is 16.7. The quantitative estimate of drug-likeness (QED) is 0.523. The standard InChI is InChI=1S/C25H29N7O2/c33-23(15-34-9-8-16-6-3-7-21-24(16)30-31-29-21)32-13-19-12-26-25(28-22(19)14-32)27-20-10-17-4-1-2-5-18(17)11-20/h1-2,4-5,12,16,20H,3,6-11,13-15H2,(H,26,27,28)(H,29,30,31). The van der Waals surface area contributed by atoms with E-state index in [9.17, 15) is 4.79 Å². The van der Waals surface area contributed by atoms with E-state index in [0.717, 1.165) is 61.2 Å². The smallest absolute Gasteiger partial charge is 0.249 e. The Morgan fingerprint density at radius 2 is 2.03 bits per heavy atom. The maximum Gasteiger partial charge on any atom is 0.249 e. The van der Waals surface area contributed by atoms with E-state index in [1.807, 2.05) is 6.20 Å². The highest BCUT2D eigenvalue weighted by atomic mass is 16.5. The van der Waals surface area contributed by atoms with Gasteiger partial charge in [-0.25, -0.2) is 9.97 Å². The molecule has 0 saturated carbocycles. The van der Waals surface area contributed by atoms with E-state index in [-0.39, 0.29) is 12.5 Å². The number of aromatic amines is 1. The summed E-state index contributed by atoms with van der Waals surface area (Å²) in [6.07, 6.45) is 7.92. The number of ether oxygens (including phenoxy) is 1. The summed E-state index contributed by atoms with van der Waals surface area (Å²) >= 11 is 0. The van der Waals surface area contributed by atoms with Gasteiger partial charge in [-0.1, -0.05) is 29.5 Å². The highest BCUT2D eigenvalue weighted by molar-refractivity contribution is 5.78. The van der Waals surface area contributed by atoms with Gasteiger partial charge >= 0.3 is 0 Å². The number of rotatable bonds is 7. The Morgan fingerprint density at radius 1 is 1.18 bits per heavy atom. The lowest BCUT2D eigenvalue weighted by Gasteiger charge is -2.20. The predicted molar refractivity (Wildman–Crippen MR) is 125 cm³/mol. The minimum atomic E-state index is -0.00970. The number of carbonyl (C=O) groups is 1. The summed E-state index contributed by atoms with van der Waals surface area (Å²) in [4.78, 5) is 23.7. The number of hydrogen-bond donors (Lipinski definition) is 2. The third kappa shape index (κ3) is 4.27. The monoisotopic (exact) mass is 459 g/mol. The van der Waals surface area contributed by atoms with Crippen LogP contribution in [0.1, 0.15) is 59.0 Å². The van der Waals surface area contributed by atoms with Crippen LogP contribution in [0.15, 0.2) is 30.5 Å². The lowest BCUT2D eigenvalue weighted by Crippen LogP contribution is -2.29. The van der Waals surface area contributed by atoms with Crippen LogP contribution in [0, 0.1) is 0 Å². The molecule has 0 bridgehead atoms. The molecule has 1 amide bonds. The van der Waals surface area contributed by atoms with E-state index in [1.54, 1.807) is 4.90 Å². The molecular weight excluding hydrogens is 430 g/mol. The van der Waals surface area contributed by atoms with Crippen molar-refractivity contribution < 1.29 is 9.53 Å². The van der Waals surface area contributed by atoms with Crippen LogP contribution in [-0.2, 0) is 41.9 Å². The van der Waals surface area contributed by atoms with Crippen molar-refractivity contribution in [2.24, 2.45) is 0 Å². The number of aryl methyl sites for hydroxylation is 1. The second kappa shape index (κ2) is 9.13. The van der Waals surface area contributed by atoms with Crippen molar-refractivity contribution >= 4 is 11.9 Å². The maximum absolute atomic E-state index is 12.7. The van der Waals surface area contributed by atoms with E-state index in [2.05, 4.69) is 50.0 Å². The van der Waals surface area contributed by atoms with Gasteiger partial charge in [0.25, 0.3) is 0 Å². The zero-order valence-electron chi connectivity index (χ0n) is 19.2. The van der Waals surface area contributed by atoms with E-state index >= 15 is 0 Å². The lowest BCUT2D eigenvalue weighted by atomic mass is 9.88. The van der Waals surface area contributed by atoms with Gasteiger partial charge in [-0.2, -0.15) is 0 Å². The molecule has 6 rings (SSSR count). The molecule has 3 aromatic rings. The first-order valence-corrected chi connectivity index (χ1v) is 12.2. The molecule has 3 aliphatic rings. The van der Waals surface area contributed by atoms with Crippen LogP contribution in [0.2, 0.25) is 0 Å². The molecule has 3 heterocycles. The van der Waals surface area contributed by atoms with Gasteiger partial charge in [0.2, 0.25) is 11.9 Å². The summed E-state index contributed by atoms with van der Waals surface area (Å²) in [5.74, 6) is 0.994. The molecule has 0 fully saturated rings. The van der Waals surface area contributed by atoms with Crippen molar-refractivity contribution in [2.75, 3.05) is 18.5 Å². The number of nitrogens with one attached hydrogen (secondary N) is 2. The molecule has 2 aliphatic carbocycles. The normalized spacial score (nSPS) is 19.1. The fraction of sp³-hybridized carbons (Fsp3) is 0.480. The van der Waals surface area contributed by atoms with Crippen LogP contribution >= 0.6 is 0 Å². The van der Waals surface area contributed by atoms with Gasteiger partial charge in [0.05, 0.1) is 23.6 Å². The zero-order chi connectivity index (χ0) is 22.9. The number of nitrogens with zero attached hydrogens (tertiary/aromatic N) is 5. The number of amides is 1. The molecule has 1 atom stereocenters. The molecule has 2 aromatic heterocycles. The fourth-order valence-corrected chi connectivity index (χ4v) is 5.43. The average molecular weight is 460 g/mol. The second-order valence-corrected chi connectivity index (χ2v) is 9.54. The molecular formula is C25H29N7O2. The Labute approximate surface area is 198 Å². The van der Waals surface area contributed by atoms with Crippen molar-refractivity contribution in [3.05, 3.63) is 64.2 Å². The average Bonchev–Trinajstić information content (AvgIpc) is 3.59. The van der Waals surface area contributed by atoms with Crippen LogP contribution in [0.5, 0.6) is 0 Å². The van der Waals surface area contributed by atoms with Crippen LogP contribution in [0.3, 0.4) is 0 Å². The molecule has 1 unspecified atom stereocenters. The first-order valence-electron chi connectivity index (χ1n) is 12.2. The Balaban J connectivity index is 0.978. The van der Waals surface area contributed by atoms with Crippen molar-refractivity contribution in [2.45, 2.75) is 63.6 Å². The van der Waals surface area contributed by atoms with Gasteiger partial charge in [0, 0.05) is 36.9 Å². The van der Waals surface area contributed by atoms with E-state index in [4.69, 9.17) is 9.72 Å². The molecule has 9 heteroatoms. The van der Waals surface area contributed by atoms with Crippen molar-refractivity contribution in [1.82, 2.24) is 30.3 Å². The predicted octanol–water partition coefficient (Wildman–Crippen LogP) is 2.54. The van der Waals surface area contributed by atoms with Crippen LogP contribution in [0.4, 0.5) is 5.95 Å². The summed E-state index contributed by atoms with van der Waals surface area (Å²) in [5.41, 5.74) is 6.93. The third-order valence-electron chi connectivity index (χ3n) is 7.25. The van der Waals surface area contributed by atoms with Gasteiger partial charge in [0.15, 0.2) is 0 Å². The number of benzene rings is 1. The highest BCUT2D eigenvalue weighted by Gasteiger charge is 2.27. The summed E-state index contributed by atoms with van der Waals surface area (Å²) < 4.78 is 5.75. The largest absolute Gasteiger partial charge is 0.372 e. The summed E-state index contributed by atoms with van der Waals surface area (Å²) in [6.45, 7) is 1.68. The summed E-state index contributed by atoms with van der Waals surface area (Å²) in [5, 5.41) is 14.6. The number of carbonyl (C=O) groups excluding carboxylic acids is 1. The Morgan fingerprint density at radius 3 is 2.88 bits per heavy atom. The van der Waals surface area contributed by atoms with Crippen LogP contribution in [0.25, 0.3) is 0 Å². The zero-order valence-corrected chi connectivity index (χ0v) is 19.2. The molecule has 0 spiro atoms. The Kier molecular flexibility index (Phi) is 5.70. The molecule has 34 heavy (non-hydrogen) atoms. The molecule has 2 N–H and O–H groups in total.